The Balaban J connectivity index is 2.37. The molecule has 3 rings (SSSR count). The highest BCUT2D eigenvalue weighted by molar-refractivity contribution is 5.48. The Morgan fingerprint density at radius 2 is 2.00 bits per heavy atom. The van der Waals surface area contributed by atoms with Gasteiger partial charge in [-0.1, -0.05) is 18.5 Å². The van der Waals surface area contributed by atoms with E-state index in [9.17, 15) is 0 Å². The molecule has 3 heterocycles. The summed E-state index contributed by atoms with van der Waals surface area (Å²) >= 11 is 0. The summed E-state index contributed by atoms with van der Waals surface area (Å²) in [6.07, 6.45) is 8.72. The van der Waals surface area contributed by atoms with E-state index in [2.05, 4.69) is 71.8 Å². The van der Waals surface area contributed by atoms with Crippen LogP contribution in [0, 0.1) is 6.92 Å². The van der Waals surface area contributed by atoms with Crippen LogP contribution in [0.2, 0.25) is 0 Å². The minimum atomic E-state index is 0.0260. The fourth-order valence-corrected chi connectivity index (χ4v) is 3.10. The van der Waals surface area contributed by atoms with Crippen molar-refractivity contribution in [1.29, 1.82) is 0 Å². The van der Waals surface area contributed by atoms with Crippen molar-refractivity contribution < 1.29 is 9.13 Å². The highest BCUT2D eigenvalue weighted by Crippen LogP contribution is 2.27. The Morgan fingerprint density at radius 1 is 1.25 bits per heavy atom. The number of fused-ring (bicyclic) bond motifs is 3. The number of pyridine rings is 1. The Bertz CT molecular complexity index is 678. The quantitative estimate of drug-likeness (QED) is 0.766. The maximum absolute atomic E-state index is 4.62. The maximum atomic E-state index is 4.62. The monoisotopic (exact) mass is 270 g/mol. The van der Waals surface area contributed by atoms with Crippen LogP contribution in [-0.2, 0) is 12.6 Å². The lowest BCUT2D eigenvalue weighted by Crippen LogP contribution is -2.56. The zero-order valence-electron chi connectivity index (χ0n) is 12.7. The second-order valence-corrected chi connectivity index (χ2v) is 5.46. The number of nitrogens with zero attached hydrogens (tertiary/aromatic N) is 4. The fraction of sp³-hybridized carbons (Fsp3) is 0.438. The van der Waals surface area contributed by atoms with Crippen molar-refractivity contribution in [3.8, 4) is 11.5 Å². The van der Waals surface area contributed by atoms with Crippen LogP contribution in [0.3, 0.4) is 0 Å². The molecule has 20 heavy (non-hydrogen) atoms. The van der Waals surface area contributed by atoms with Crippen molar-refractivity contribution >= 4 is 6.20 Å². The van der Waals surface area contributed by atoms with Gasteiger partial charge in [-0.05, 0) is 6.07 Å². The summed E-state index contributed by atoms with van der Waals surface area (Å²) < 4.78 is 6.54. The molecule has 104 valence electrons. The van der Waals surface area contributed by atoms with Crippen LogP contribution in [-0.4, -0.2) is 9.78 Å². The van der Waals surface area contributed by atoms with E-state index in [1.165, 1.54) is 5.69 Å². The van der Waals surface area contributed by atoms with Crippen molar-refractivity contribution in [1.82, 2.24) is 9.78 Å². The molecule has 4 nitrogen and oxygen atoms in total. The van der Waals surface area contributed by atoms with Gasteiger partial charge >= 0.3 is 5.82 Å². The van der Waals surface area contributed by atoms with Gasteiger partial charge < -0.3 is 0 Å². The highest BCUT2D eigenvalue weighted by atomic mass is 15.4. The molecule has 0 saturated carbocycles. The first-order valence-electron chi connectivity index (χ1n) is 7.29. The second-order valence-electron chi connectivity index (χ2n) is 5.46. The number of rotatable bonds is 2. The van der Waals surface area contributed by atoms with Gasteiger partial charge in [0, 0.05) is 43.1 Å². The third-order valence-electron chi connectivity index (χ3n) is 4.59. The second kappa shape index (κ2) is 4.54. The summed E-state index contributed by atoms with van der Waals surface area (Å²) in [6.45, 7) is 6.53. The molecule has 2 aromatic rings. The van der Waals surface area contributed by atoms with E-state index in [0.717, 1.165) is 24.5 Å². The number of allylic oxidation sites excluding steroid dienone is 1. The van der Waals surface area contributed by atoms with E-state index < -0.39 is 0 Å². The first-order chi connectivity index (χ1) is 9.63. The predicted molar refractivity (Wildman–Crippen MR) is 77.7 cm³/mol. The van der Waals surface area contributed by atoms with E-state index in [1.807, 2.05) is 11.6 Å². The predicted octanol–water partition coefficient (Wildman–Crippen LogP) is 1.97. The van der Waals surface area contributed by atoms with Gasteiger partial charge in [-0.2, -0.15) is 4.57 Å². The number of hydrogen-bond acceptors (Lipinski definition) is 1. The summed E-state index contributed by atoms with van der Waals surface area (Å²) in [7, 11) is 2.07. The normalized spacial score (nSPS) is 15.6. The molecule has 2 aromatic heterocycles. The van der Waals surface area contributed by atoms with Crippen molar-refractivity contribution in [2.24, 2.45) is 7.05 Å². The Hall–Kier alpha value is -1.97. The summed E-state index contributed by atoms with van der Waals surface area (Å²) in [5.41, 5.74) is 1.24. The molecular formula is C16H22N4+2. The Morgan fingerprint density at radius 3 is 2.70 bits per heavy atom. The van der Waals surface area contributed by atoms with Crippen LogP contribution < -0.4 is 9.13 Å². The lowest BCUT2D eigenvalue weighted by molar-refractivity contribution is -0.752. The highest BCUT2D eigenvalue weighted by Gasteiger charge is 2.42. The minimum Gasteiger partial charge on any atom is -0.225 e. The summed E-state index contributed by atoms with van der Waals surface area (Å²) in [4.78, 5) is 0. The molecular weight excluding hydrogens is 248 g/mol. The van der Waals surface area contributed by atoms with Gasteiger partial charge in [0.05, 0.1) is 7.05 Å². The average Bonchev–Trinajstić information content (AvgIpc) is 2.69. The first kappa shape index (κ1) is 13.0. The number of aryl methyl sites for hydroxylation is 1. The van der Waals surface area contributed by atoms with Gasteiger partial charge in [-0.15, -0.1) is 0 Å². The molecule has 0 aliphatic carbocycles. The molecule has 0 amide bonds. The van der Waals surface area contributed by atoms with Crippen LogP contribution in [0.4, 0.5) is 0 Å². The molecule has 4 heteroatoms. The summed E-state index contributed by atoms with van der Waals surface area (Å²) in [5, 5.41) is 4.62. The van der Waals surface area contributed by atoms with Gasteiger partial charge in [-0.25, -0.2) is 4.57 Å². The van der Waals surface area contributed by atoms with E-state index in [-0.39, 0.29) is 5.54 Å². The topological polar surface area (TPSA) is 25.6 Å². The smallest absolute Gasteiger partial charge is 0.225 e. The molecule has 0 N–H and O–H groups in total. The molecule has 0 radical (unpaired) electrons. The summed E-state index contributed by atoms with van der Waals surface area (Å²) in [6, 6.07) is 6.39. The van der Waals surface area contributed by atoms with E-state index >= 15 is 0 Å². The Kier molecular flexibility index (Phi) is 2.96. The maximum Gasteiger partial charge on any atom is 0.337 e. The first-order valence-corrected chi connectivity index (χ1v) is 7.29. The fourth-order valence-electron chi connectivity index (χ4n) is 3.10. The standard InChI is InChI=1S/C16H22N4/c1-5-16(6-2)10-12-20-15(18(4)13(3)17-20)14-9-7-8-11-19(14)16/h7-12H,5-6H2,1-4H3/q+2. The van der Waals surface area contributed by atoms with Crippen LogP contribution >= 0.6 is 0 Å². The zero-order chi connectivity index (χ0) is 14.3. The van der Waals surface area contributed by atoms with E-state index in [1.54, 1.807) is 0 Å². The molecule has 0 bridgehead atoms. The van der Waals surface area contributed by atoms with Crippen LogP contribution in [0.1, 0.15) is 32.5 Å². The van der Waals surface area contributed by atoms with Crippen LogP contribution in [0.5, 0.6) is 0 Å². The average molecular weight is 270 g/mol. The van der Waals surface area contributed by atoms with Crippen molar-refractivity contribution in [3.63, 3.8) is 0 Å². The minimum absolute atomic E-state index is 0.0260. The molecule has 0 saturated heterocycles. The van der Waals surface area contributed by atoms with Gasteiger partial charge in [-0.3, -0.25) is 0 Å². The van der Waals surface area contributed by atoms with Crippen LogP contribution in [0.15, 0.2) is 30.5 Å². The Labute approximate surface area is 120 Å². The molecule has 0 fully saturated rings. The van der Waals surface area contributed by atoms with E-state index in [0.29, 0.717) is 0 Å². The largest absolute Gasteiger partial charge is 0.337 e. The summed E-state index contributed by atoms with van der Waals surface area (Å²) in [5.74, 6) is 2.14. The zero-order valence-corrected chi connectivity index (χ0v) is 12.7. The van der Waals surface area contributed by atoms with Gasteiger partial charge in [0.2, 0.25) is 0 Å². The van der Waals surface area contributed by atoms with Crippen molar-refractivity contribution in [2.45, 2.75) is 39.2 Å². The van der Waals surface area contributed by atoms with Gasteiger partial charge in [0.15, 0.2) is 11.7 Å². The molecule has 0 atom stereocenters. The van der Waals surface area contributed by atoms with Crippen molar-refractivity contribution in [3.05, 3.63) is 36.3 Å². The SMILES string of the molecule is CCC1(CC)C=Cn2nc(C)[n+](C)c2-c2cccc[n+]21. The molecule has 0 aromatic carbocycles. The molecule has 1 aliphatic rings. The van der Waals surface area contributed by atoms with Gasteiger partial charge in [0.25, 0.3) is 11.5 Å². The molecule has 0 unspecified atom stereocenters. The lowest BCUT2D eigenvalue weighted by atomic mass is 9.91. The molecule has 1 aliphatic heterocycles. The third-order valence-corrected chi connectivity index (χ3v) is 4.59. The third kappa shape index (κ3) is 1.64. The van der Waals surface area contributed by atoms with Gasteiger partial charge in [0.1, 0.15) is 6.20 Å². The number of hydrogen-bond donors (Lipinski definition) is 0. The van der Waals surface area contributed by atoms with Crippen molar-refractivity contribution in [2.75, 3.05) is 0 Å². The number of aromatic nitrogens is 4. The van der Waals surface area contributed by atoms with E-state index in [4.69, 9.17) is 0 Å². The van der Waals surface area contributed by atoms with Crippen LogP contribution in [0.25, 0.3) is 17.7 Å². The lowest BCUT2D eigenvalue weighted by Gasteiger charge is -2.22. The molecule has 0 spiro atoms.